The van der Waals surface area contributed by atoms with Crippen molar-refractivity contribution in [1.82, 2.24) is 4.90 Å². The second-order valence-electron chi connectivity index (χ2n) is 5.46. The number of furan rings is 1. The topological polar surface area (TPSA) is 55.1 Å². The Bertz CT molecular complexity index is 515. The van der Waals surface area contributed by atoms with Crippen LogP contribution < -0.4 is 0 Å². The van der Waals surface area contributed by atoms with Gasteiger partial charge in [0, 0.05) is 20.2 Å². The third-order valence-corrected chi connectivity index (χ3v) is 3.46. The molecule has 126 valence electrons. The second kappa shape index (κ2) is 10.2. The molecule has 2 aromatic rings. The van der Waals surface area contributed by atoms with Crippen molar-refractivity contribution in [3.63, 3.8) is 0 Å². The number of methoxy groups -OCH3 is 1. The highest BCUT2D eigenvalue weighted by molar-refractivity contribution is 5.13. The van der Waals surface area contributed by atoms with Gasteiger partial charge in [-0.05, 0) is 17.7 Å². The smallest absolute Gasteiger partial charge is 0.117 e. The molecule has 2 rings (SSSR count). The van der Waals surface area contributed by atoms with Crippen LogP contribution in [0.5, 0.6) is 0 Å². The molecule has 0 saturated carbocycles. The molecule has 1 unspecified atom stereocenters. The lowest BCUT2D eigenvalue weighted by Gasteiger charge is -2.23. The minimum absolute atomic E-state index is 0.302. The van der Waals surface area contributed by atoms with Gasteiger partial charge in [-0.1, -0.05) is 30.3 Å². The van der Waals surface area contributed by atoms with Gasteiger partial charge in [0.15, 0.2) is 0 Å². The van der Waals surface area contributed by atoms with E-state index in [4.69, 9.17) is 13.9 Å². The zero-order valence-electron chi connectivity index (χ0n) is 13.6. The van der Waals surface area contributed by atoms with Gasteiger partial charge in [0.1, 0.15) is 5.76 Å². The van der Waals surface area contributed by atoms with E-state index in [-0.39, 0.29) is 0 Å². The van der Waals surface area contributed by atoms with Crippen LogP contribution in [0, 0.1) is 0 Å². The van der Waals surface area contributed by atoms with E-state index in [1.165, 1.54) is 0 Å². The predicted octanol–water partition coefficient (Wildman–Crippen LogP) is 2.31. The highest BCUT2D eigenvalue weighted by Crippen LogP contribution is 2.07. The quantitative estimate of drug-likeness (QED) is 0.689. The van der Waals surface area contributed by atoms with E-state index in [0.29, 0.717) is 32.9 Å². The summed E-state index contributed by atoms with van der Waals surface area (Å²) in [5.74, 6) is 0.874. The third-order valence-electron chi connectivity index (χ3n) is 3.46. The number of hydrogen-bond acceptors (Lipinski definition) is 5. The van der Waals surface area contributed by atoms with Gasteiger partial charge in [0.2, 0.25) is 0 Å². The molecule has 23 heavy (non-hydrogen) atoms. The maximum absolute atomic E-state index is 10.2. The molecule has 1 aromatic carbocycles. The lowest BCUT2D eigenvalue weighted by molar-refractivity contribution is 0.00373. The lowest BCUT2D eigenvalue weighted by Crippen LogP contribution is -2.36. The average Bonchev–Trinajstić information content (AvgIpc) is 3.06. The molecule has 0 spiro atoms. The summed E-state index contributed by atoms with van der Waals surface area (Å²) in [7, 11) is 1.67. The van der Waals surface area contributed by atoms with Gasteiger partial charge in [0.05, 0.1) is 38.7 Å². The molecule has 1 heterocycles. The maximum atomic E-state index is 10.2. The van der Waals surface area contributed by atoms with Crippen molar-refractivity contribution in [2.45, 2.75) is 19.3 Å². The van der Waals surface area contributed by atoms with E-state index < -0.39 is 6.10 Å². The van der Waals surface area contributed by atoms with Crippen LogP contribution in [0.4, 0.5) is 0 Å². The first-order chi connectivity index (χ1) is 11.3. The second-order valence-corrected chi connectivity index (χ2v) is 5.46. The third kappa shape index (κ3) is 6.97. The van der Waals surface area contributed by atoms with E-state index in [0.717, 1.165) is 17.9 Å². The van der Waals surface area contributed by atoms with Crippen molar-refractivity contribution in [2.24, 2.45) is 0 Å². The van der Waals surface area contributed by atoms with Crippen molar-refractivity contribution in [1.29, 1.82) is 0 Å². The van der Waals surface area contributed by atoms with Gasteiger partial charge in [-0.25, -0.2) is 0 Å². The molecular formula is C18H25NO4. The van der Waals surface area contributed by atoms with Crippen molar-refractivity contribution in [3.05, 3.63) is 60.1 Å². The molecule has 0 radical (unpaired) electrons. The van der Waals surface area contributed by atoms with Crippen LogP contribution in [-0.2, 0) is 22.6 Å². The number of aliphatic hydroxyl groups is 1. The molecule has 0 aliphatic rings. The fourth-order valence-corrected chi connectivity index (χ4v) is 2.32. The molecule has 0 aliphatic heterocycles. The fraction of sp³-hybridized carbons (Fsp3) is 0.444. The van der Waals surface area contributed by atoms with E-state index >= 15 is 0 Å². The summed E-state index contributed by atoms with van der Waals surface area (Å²) in [6.45, 7) is 3.31. The molecule has 0 fully saturated rings. The number of nitrogens with zero attached hydrogens (tertiary/aromatic N) is 1. The van der Waals surface area contributed by atoms with Crippen molar-refractivity contribution < 1.29 is 19.0 Å². The first kappa shape index (κ1) is 17.7. The Balaban J connectivity index is 1.73. The minimum Gasteiger partial charge on any atom is -0.468 e. The van der Waals surface area contributed by atoms with E-state index in [1.807, 2.05) is 42.5 Å². The fourth-order valence-electron chi connectivity index (χ4n) is 2.32. The summed E-state index contributed by atoms with van der Waals surface area (Å²) in [4.78, 5) is 2.10. The predicted molar refractivity (Wildman–Crippen MR) is 88.0 cm³/mol. The van der Waals surface area contributed by atoms with Crippen molar-refractivity contribution in [2.75, 3.05) is 33.4 Å². The molecule has 0 bridgehead atoms. The van der Waals surface area contributed by atoms with E-state index in [2.05, 4.69) is 4.90 Å². The molecule has 5 nitrogen and oxygen atoms in total. The molecule has 0 saturated heterocycles. The summed E-state index contributed by atoms with van der Waals surface area (Å²) < 4.78 is 16.1. The van der Waals surface area contributed by atoms with Gasteiger partial charge >= 0.3 is 0 Å². The molecule has 5 heteroatoms. The highest BCUT2D eigenvalue weighted by atomic mass is 16.5. The number of hydrogen-bond donors (Lipinski definition) is 1. The monoisotopic (exact) mass is 319 g/mol. The first-order valence-electron chi connectivity index (χ1n) is 7.81. The summed E-state index contributed by atoms with van der Waals surface area (Å²) in [5, 5.41) is 10.2. The van der Waals surface area contributed by atoms with Gasteiger partial charge in [-0.2, -0.15) is 0 Å². The number of rotatable bonds is 11. The Kier molecular flexibility index (Phi) is 7.83. The Morgan fingerprint density at radius 3 is 2.70 bits per heavy atom. The van der Waals surface area contributed by atoms with Crippen LogP contribution in [0.25, 0.3) is 0 Å². The van der Waals surface area contributed by atoms with Crippen LogP contribution in [0.2, 0.25) is 0 Å². The van der Waals surface area contributed by atoms with E-state index in [1.54, 1.807) is 13.4 Å². The Labute approximate surface area is 137 Å². The summed E-state index contributed by atoms with van der Waals surface area (Å²) in [6, 6.07) is 13.7. The minimum atomic E-state index is -0.550. The molecule has 0 aliphatic carbocycles. The molecule has 1 N–H and O–H groups in total. The average molecular weight is 319 g/mol. The SMILES string of the molecule is COCCN(Cc1ccco1)CC(O)COCc1ccccc1. The summed E-state index contributed by atoms with van der Waals surface area (Å²) in [6.07, 6.45) is 1.11. The zero-order chi connectivity index (χ0) is 16.3. The summed E-state index contributed by atoms with van der Waals surface area (Å²) >= 11 is 0. The van der Waals surface area contributed by atoms with Gasteiger partial charge in [0.25, 0.3) is 0 Å². The lowest BCUT2D eigenvalue weighted by atomic mass is 10.2. The maximum Gasteiger partial charge on any atom is 0.117 e. The molecule has 1 atom stereocenters. The number of aliphatic hydroxyl groups excluding tert-OH is 1. The zero-order valence-corrected chi connectivity index (χ0v) is 13.6. The van der Waals surface area contributed by atoms with Crippen molar-refractivity contribution >= 4 is 0 Å². The highest BCUT2D eigenvalue weighted by Gasteiger charge is 2.13. The molecule has 0 amide bonds. The largest absolute Gasteiger partial charge is 0.468 e. The van der Waals surface area contributed by atoms with Gasteiger partial charge in [-0.3, -0.25) is 4.90 Å². The Morgan fingerprint density at radius 2 is 2.00 bits per heavy atom. The molecule has 1 aromatic heterocycles. The van der Waals surface area contributed by atoms with E-state index in [9.17, 15) is 5.11 Å². The van der Waals surface area contributed by atoms with Gasteiger partial charge < -0.3 is 19.0 Å². The first-order valence-corrected chi connectivity index (χ1v) is 7.81. The standard InChI is InChI=1S/C18H25NO4/c1-21-11-9-19(13-18-8-5-10-23-18)12-17(20)15-22-14-16-6-3-2-4-7-16/h2-8,10,17,20H,9,11-15H2,1H3. The van der Waals surface area contributed by atoms with Crippen LogP contribution >= 0.6 is 0 Å². The molecular weight excluding hydrogens is 294 g/mol. The Morgan fingerprint density at radius 1 is 1.17 bits per heavy atom. The Hall–Kier alpha value is -1.66. The normalized spacial score (nSPS) is 12.7. The summed E-state index contributed by atoms with van der Waals surface area (Å²) in [5.41, 5.74) is 1.10. The number of benzene rings is 1. The van der Waals surface area contributed by atoms with Gasteiger partial charge in [-0.15, -0.1) is 0 Å². The number of ether oxygens (including phenoxy) is 2. The van der Waals surface area contributed by atoms with Crippen LogP contribution in [0.1, 0.15) is 11.3 Å². The van der Waals surface area contributed by atoms with Crippen LogP contribution in [0.3, 0.4) is 0 Å². The van der Waals surface area contributed by atoms with Crippen LogP contribution in [0.15, 0.2) is 53.1 Å². The van der Waals surface area contributed by atoms with Crippen molar-refractivity contribution in [3.8, 4) is 0 Å². The van der Waals surface area contributed by atoms with Crippen LogP contribution in [-0.4, -0.2) is 49.5 Å².